The van der Waals surface area contributed by atoms with E-state index in [4.69, 9.17) is 0 Å². The van der Waals surface area contributed by atoms with Gasteiger partial charge in [0.1, 0.15) is 5.82 Å². The Hall–Kier alpha value is -2.88. The first-order valence-electron chi connectivity index (χ1n) is 11.0. The Kier molecular flexibility index (Phi) is 7.25. The Bertz CT molecular complexity index is 1130. The highest BCUT2D eigenvalue weighted by atomic mass is 19.4. The molecular weight excluding hydrogens is 450 g/mol. The van der Waals surface area contributed by atoms with Crippen molar-refractivity contribution in [3.8, 4) is 11.4 Å². The number of aliphatic hydroxyl groups is 2. The van der Waals surface area contributed by atoms with E-state index >= 15 is 0 Å². The largest absolute Gasteiger partial charge is 0.416 e. The fourth-order valence-corrected chi connectivity index (χ4v) is 4.59. The Balaban J connectivity index is 1.54. The molecule has 1 saturated carbocycles. The number of alkyl halides is 3. The van der Waals surface area contributed by atoms with Gasteiger partial charge < -0.3 is 15.5 Å². The van der Waals surface area contributed by atoms with E-state index in [0.717, 1.165) is 12.1 Å². The van der Waals surface area contributed by atoms with Crippen molar-refractivity contribution in [3.05, 3.63) is 83.4 Å². The van der Waals surface area contributed by atoms with E-state index in [1.807, 2.05) is 0 Å². The molecule has 34 heavy (non-hydrogen) atoms. The quantitative estimate of drug-likeness (QED) is 0.451. The molecule has 3 N–H and O–H groups in total. The maximum Gasteiger partial charge on any atom is 0.416 e. The minimum Gasteiger partial charge on any atom is -0.396 e. The van der Waals surface area contributed by atoms with Crippen molar-refractivity contribution in [3.63, 3.8) is 0 Å². The summed E-state index contributed by atoms with van der Waals surface area (Å²) in [5.74, 6) is -0.787. The Morgan fingerprint density at radius 3 is 2.56 bits per heavy atom. The number of nitrogens with zero attached hydrogens (tertiary/aromatic N) is 2. The van der Waals surface area contributed by atoms with Crippen LogP contribution in [0.2, 0.25) is 0 Å². The van der Waals surface area contributed by atoms with Crippen LogP contribution in [-0.2, 0) is 19.1 Å². The molecule has 4 rings (SSSR count). The Morgan fingerprint density at radius 2 is 1.82 bits per heavy atom. The van der Waals surface area contributed by atoms with Crippen LogP contribution >= 0.6 is 0 Å². The molecule has 0 saturated heterocycles. The highest BCUT2D eigenvalue weighted by molar-refractivity contribution is 5.56. The third kappa shape index (κ3) is 5.43. The third-order valence-corrected chi connectivity index (χ3v) is 6.39. The fraction of sp³-hybridized carbons (Fsp3) is 0.360. The minimum absolute atomic E-state index is 0.165. The van der Waals surface area contributed by atoms with E-state index in [2.05, 4.69) is 15.3 Å². The zero-order valence-corrected chi connectivity index (χ0v) is 18.2. The Morgan fingerprint density at radius 1 is 1.03 bits per heavy atom. The van der Waals surface area contributed by atoms with Crippen LogP contribution in [0.5, 0.6) is 0 Å². The van der Waals surface area contributed by atoms with Crippen LogP contribution in [0.3, 0.4) is 0 Å². The van der Waals surface area contributed by atoms with Gasteiger partial charge in [0.25, 0.3) is 0 Å². The monoisotopic (exact) mass is 475 g/mol. The molecule has 4 unspecified atom stereocenters. The highest BCUT2D eigenvalue weighted by Crippen LogP contribution is 2.35. The van der Waals surface area contributed by atoms with Gasteiger partial charge in [-0.3, -0.25) is 0 Å². The molecule has 1 aliphatic carbocycles. The van der Waals surface area contributed by atoms with Crippen molar-refractivity contribution in [2.75, 3.05) is 6.61 Å². The maximum atomic E-state index is 14.0. The topological polar surface area (TPSA) is 78.3 Å². The van der Waals surface area contributed by atoms with Gasteiger partial charge in [0.15, 0.2) is 5.82 Å². The normalized spacial score (nSPS) is 22.8. The molecule has 1 heterocycles. The van der Waals surface area contributed by atoms with Crippen LogP contribution in [0.1, 0.15) is 23.2 Å². The van der Waals surface area contributed by atoms with Gasteiger partial charge in [-0.2, -0.15) is 13.2 Å². The smallest absolute Gasteiger partial charge is 0.396 e. The molecule has 3 aromatic rings. The van der Waals surface area contributed by atoms with Crippen molar-refractivity contribution < 1.29 is 27.8 Å². The van der Waals surface area contributed by atoms with Crippen LogP contribution in [0.15, 0.2) is 60.8 Å². The molecule has 1 fully saturated rings. The first-order valence-corrected chi connectivity index (χ1v) is 11.0. The molecule has 0 aliphatic heterocycles. The van der Waals surface area contributed by atoms with Gasteiger partial charge in [-0.25, -0.2) is 14.4 Å². The van der Waals surface area contributed by atoms with Crippen molar-refractivity contribution >= 4 is 0 Å². The van der Waals surface area contributed by atoms with Crippen LogP contribution in [0, 0.1) is 17.7 Å². The second-order valence-corrected chi connectivity index (χ2v) is 8.55. The summed E-state index contributed by atoms with van der Waals surface area (Å²) in [4.78, 5) is 8.59. The van der Waals surface area contributed by atoms with Gasteiger partial charge in [0.2, 0.25) is 0 Å². The third-order valence-electron chi connectivity index (χ3n) is 6.39. The zero-order chi connectivity index (χ0) is 24.3. The van der Waals surface area contributed by atoms with Crippen LogP contribution < -0.4 is 5.32 Å². The molecule has 4 atom stereocenters. The number of halogens is 4. The van der Waals surface area contributed by atoms with E-state index < -0.39 is 23.8 Å². The second kappa shape index (κ2) is 10.2. The summed E-state index contributed by atoms with van der Waals surface area (Å²) in [5, 5.41) is 23.7. The summed E-state index contributed by atoms with van der Waals surface area (Å²) in [5.41, 5.74) is 0.543. The van der Waals surface area contributed by atoms with Crippen molar-refractivity contribution in [2.24, 2.45) is 11.8 Å². The molecule has 0 radical (unpaired) electrons. The van der Waals surface area contributed by atoms with Gasteiger partial charge in [0, 0.05) is 48.1 Å². The second-order valence-electron chi connectivity index (χ2n) is 8.55. The first-order chi connectivity index (χ1) is 16.3. The lowest BCUT2D eigenvalue weighted by atomic mass is 9.88. The fourth-order valence-electron chi connectivity index (χ4n) is 4.59. The van der Waals surface area contributed by atoms with Crippen LogP contribution in [0.25, 0.3) is 11.4 Å². The summed E-state index contributed by atoms with van der Waals surface area (Å²) in [6.07, 6.45) is -2.97. The molecule has 9 heteroatoms. The standard InChI is InChI=1S/C25H25F4N3O2/c26-21-7-2-1-4-16(21)13-31-22-12-23(34)20(14-33)19(22)11-18-8-9-30-24(32-18)15-5-3-6-17(10-15)25(27,28)29/h1-10,19-20,22-23,31,33-34H,11-14H2. The van der Waals surface area contributed by atoms with Crippen molar-refractivity contribution in [2.45, 2.75) is 37.7 Å². The lowest BCUT2D eigenvalue weighted by molar-refractivity contribution is -0.137. The van der Waals surface area contributed by atoms with Gasteiger partial charge in [0.05, 0.1) is 11.7 Å². The maximum absolute atomic E-state index is 14.0. The predicted octanol–water partition coefficient (Wildman–Crippen LogP) is 3.99. The van der Waals surface area contributed by atoms with Gasteiger partial charge in [-0.05, 0) is 43.0 Å². The first kappa shape index (κ1) is 24.3. The van der Waals surface area contributed by atoms with E-state index in [1.54, 1.807) is 24.3 Å². The lowest BCUT2D eigenvalue weighted by Gasteiger charge is -2.25. The molecule has 180 valence electrons. The van der Waals surface area contributed by atoms with Gasteiger partial charge in [-0.1, -0.05) is 30.3 Å². The summed E-state index contributed by atoms with van der Waals surface area (Å²) in [6.45, 7) is 0.0350. The molecule has 2 aromatic carbocycles. The summed E-state index contributed by atoms with van der Waals surface area (Å²) in [7, 11) is 0. The number of aliphatic hydroxyl groups excluding tert-OH is 2. The molecule has 1 aromatic heterocycles. The van der Waals surface area contributed by atoms with E-state index in [9.17, 15) is 27.8 Å². The van der Waals surface area contributed by atoms with Crippen molar-refractivity contribution in [1.82, 2.24) is 15.3 Å². The molecule has 0 amide bonds. The van der Waals surface area contributed by atoms with E-state index in [0.29, 0.717) is 24.1 Å². The molecule has 1 aliphatic rings. The SMILES string of the molecule is OCC1C(O)CC(NCc2ccccc2F)C1Cc1ccnc(-c2cccc(C(F)(F)F)c2)n1. The zero-order valence-electron chi connectivity index (χ0n) is 18.2. The average molecular weight is 475 g/mol. The number of nitrogens with one attached hydrogen (secondary N) is 1. The number of benzene rings is 2. The molecule has 5 nitrogen and oxygen atoms in total. The van der Waals surface area contributed by atoms with Gasteiger partial charge in [-0.15, -0.1) is 0 Å². The van der Waals surface area contributed by atoms with E-state index in [-0.39, 0.29) is 42.3 Å². The van der Waals surface area contributed by atoms with Crippen LogP contribution in [0.4, 0.5) is 17.6 Å². The molecular formula is C25H25F4N3O2. The van der Waals surface area contributed by atoms with Crippen LogP contribution in [-0.4, -0.2) is 38.9 Å². The Labute approximate surface area is 194 Å². The number of hydrogen-bond donors (Lipinski definition) is 3. The lowest BCUT2D eigenvalue weighted by Crippen LogP contribution is -2.36. The van der Waals surface area contributed by atoms with Crippen molar-refractivity contribution in [1.29, 1.82) is 0 Å². The van der Waals surface area contributed by atoms with Gasteiger partial charge >= 0.3 is 6.18 Å². The predicted molar refractivity (Wildman–Crippen MR) is 118 cm³/mol. The minimum atomic E-state index is -4.47. The number of hydrogen-bond acceptors (Lipinski definition) is 5. The number of aromatic nitrogens is 2. The molecule has 0 bridgehead atoms. The molecule has 0 spiro atoms. The average Bonchev–Trinajstić information content (AvgIpc) is 3.12. The summed E-state index contributed by atoms with van der Waals surface area (Å²) >= 11 is 0. The number of rotatable bonds is 7. The summed E-state index contributed by atoms with van der Waals surface area (Å²) < 4.78 is 53.3. The summed E-state index contributed by atoms with van der Waals surface area (Å²) in [6, 6.07) is 12.7. The highest BCUT2D eigenvalue weighted by Gasteiger charge is 2.42. The van der Waals surface area contributed by atoms with E-state index in [1.165, 1.54) is 24.4 Å².